The number of aryl methyl sites for hydroxylation is 1. The lowest BCUT2D eigenvalue weighted by molar-refractivity contribution is -0.134. The summed E-state index contributed by atoms with van der Waals surface area (Å²) in [5, 5.41) is 0.859. The number of thiazole rings is 1. The van der Waals surface area contributed by atoms with E-state index >= 15 is 0 Å². The number of ether oxygens (including phenoxy) is 1. The van der Waals surface area contributed by atoms with Gasteiger partial charge in [-0.3, -0.25) is 4.79 Å². The molecule has 3 nitrogen and oxygen atoms in total. The van der Waals surface area contributed by atoms with E-state index in [0.717, 1.165) is 26.4 Å². The molecule has 0 spiro atoms. The summed E-state index contributed by atoms with van der Waals surface area (Å²) in [6, 6.07) is 25.5. The van der Waals surface area contributed by atoms with Crippen molar-refractivity contribution in [1.29, 1.82) is 0 Å². The van der Waals surface area contributed by atoms with Gasteiger partial charge in [-0.2, -0.15) is 0 Å². The third kappa shape index (κ3) is 3.65. The van der Waals surface area contributed by atoms with Crippen LogP contribution in [0.25, 0.3) is 20.8 Å². The van der Waals surface area contributed by atoms with Gasteiger partial charge in [0, 0.05) is 6.42 Å². The van der Waals surface area contributed by atoms with Crippen molar-refractivity contribution in [3.8, 4) is 16.3 Å². The summed E-state index contributed by atoms with van der Waals surface area (Å²) in [5.41, 5.74) is 2.93. The number of para-hydroxylation sites is 2. The van der Waals surface area contributed by atoms with E-state index in [1.165, 1.54) is 0 Å². The number of esters is 1. The van der Waals surface area contributed by atoms with Gasteiger partial charge in [-0.05, 0) is 36.2 Å². The molecule has 0 amide bonds. The van der Waals surface area contributed by atoms with Crippen LogP contribution in [0.4, 0.5) is 0 Å². The van der Waals surface area contributed by atoms with Gasteiger partial charge in [0.15, 0.2) is 0 Å². The van der Waals surface area contributed by atoms with Crippen LogP contribution in [0, 0.1) is 0 Å². The van der Waals surface area contributed by atoms with Gasteiger partial charge in [-0.15, -0.1) is 11.3 Å². The number of aromatic nitrogens is 1. The molecule has 0 saturated heterocycles. The van der Waals surface area contributed by atoms with E-state index in [1.54, 1.807) is 11.3 Å². The predicted octanol–water partition coefficient (Wildman–Crippen LogP) is 5.50. The van der Waals surface area contributed by atoms with Gasteiger partial charge >= 0.3 is 5.97 Å². The van der Waals surface area contributed by atoms with Crippen LogP contribution in [0.1, 0.15) is 12.0 Å². The molecule has 0 N–H and O–H groups in total. The molecule has 1 aromatic heterocycles. The first kappa shape index (κ1) is 16.5. The molecule has 0 unspecified atom stereocenters. The van der Waals surface area contributed by atoms with Crippen LogP contribution in [0.15, 0.2) is 78.9 Å². The Bertz CT molecular complexity index is 1010. The molecule has 0 aliphatic heterocycles. The number of rotatable bonds is 5. The fourth-order valence-electron chi connectivity index (χ4n) is 2.78. The zero-order chi connectivity index (χ0) is 17.8. The first-order valence-corrected chi connectivity index (χ1v) is 9.31. The zero-order valence-corrected chi connectivity index (χ0v) is 14.9. The molecule has 4 aromatic rings. The molecule has 0 atom stereocenters. The maximum absolute atomic E-state index is 12.3. The second kappa shape index (κ2) is 7.50. The quantitative estimate of drug-likeness (QED) is 0.349. The third-order valence-corrected chi connectivity index (χ3v) is 5.17. The van der Waals surface area contributed by atoms with E-state index < -0.39 is 0 Å². The second-order valence-corrected chi connectivity index (χ2v) is 6.97. The van der Waals surface area contributed by atoms with Crippen LogP contribution in [-0.4, -0.2) is 11.0 Å². The minimum Gasteiger partial charge on any atom is -0.426 e. The highest BCUT2D eigenvalue weighted by atomic mass is 32.1. The average Bonchev–Trinajstić information content (AvgIpc) is 3.12. The highest BCUT2D eigenvalue weighted by molar-refractivity contribution is 7.21. The Kier molecular flexibility index (Phi) is 4.75. The lowest BCUT2D eigenvalue weighted by Crippen LogP contribution is -2.09. The lowest BCUT2D eigenvalue weighted by atomic mass is 10.1. The smallest absolute Gasteiger partial charge is 0.311 e. The topological polar surface area (TPSA) is 39.2 Å². The summed E-state index contributed by atoms with van der Waals surface area (Å²) in [7, 11) is 0. The molecule has 26 heavy (non-hydrogen) atoms. The van der Waals surface area contributed by atoms with E-state index in [2.05, 4.69) is 4.98 Å². The van der Waals surface area contributed by atoms with Crippen molar-refractivity contribution < 1.29 is 9.53 Å². The molecule has 0 bridgehead atoms. The standard InChI is InChI=1S/C22H17NO2S/c24-21(15-14-16-8-2-1-3-9-16)25-19-12-6-4-10-17(19)22-23-18-11-5-7-13-20(18)26-22/h1-13H,14-15H2. The zero-order valence-electron chi connectivity index (χ0n) is 14.1. The van der Waals surface area contributed by atoms with Crippen molar-refractivity contribution in [1.82, 2.24) is 4.98 Å². The predicted molar refractivity (Wildman–Crippen MR) is 105 cm³/mol. The molecule has 0 aliphatic rings. The van der Waals surface area contributed by atoms with Crippen molar-refractivity contribution in [3.63, 3.8) is 0 Å². The number of carbonyl (C=O) groups is 1. The number of nitrogens with zero attached hydrogens (tertiary/aromatic N) is 1. The van der Waals surface area contributed by atoms with Gasteiger partial charge in [0.05, 0.1) is 15.8 Å². The maximum Gasteiger partial charge on any atom is 0.311 e. The van der Waals surface area contributed by atoms with Crippen molar-refractivity contribution >= 4 is 27.5 Å². The summed E-state index contributed by atoms with van der Waals surface area (Å²) in [6.07, 6.45) is 1.02. The van der Waals surface area contributed by atoms with Crippen LogP contribution in [0.5, 0.6) is 5.75 Å². The molecule has 3 aromatic carbocycles. The van der Waals surface area contributed by atoms with Crippen LogP contribution in [0.2, 0.25) is 0 Å². The van der Waals surface area contributed by atoms with Gasteiger partial charge in [0.25, 0.3) is 0 Å². The molecular weight excluding hydrogens is 342 g/mol. The minimum absolute atomic E-state index is 0.234. The van der Waals surface area contributed by atoms with Crippen LogP contribution in [0.3, 0.4) is 0 Å². The molecule has 4 heteroatoms. The van der Waals surface area contributed by atoms with E-state index in [0.29, 0.717) is 18.6 Å². The first-order chi connectivity index (χ1) is 12.8. The van der Waals surface area contributed by atoms with E-state index in [-0.39, 0.29) is 5.97 Å². The van der Waals surface area contributed by atoms with Crippen LogP contribution >= 0.6 is 11.3 Å². The number of carbonyl (C=O) groups excluding carboxylic acids is 1. The van der Waals surface area contributed by atoms with E-state index in [4.69, 9.17) is 4.74 Å². The average molecular weight is 359 g/mol. The Hall–Kier alpha value is -2.98. The van der Waals surface area contributed by atoms with Crippen LogP contribution in [-0.2, 0) is 11.2 Å². The Labute approximate surface area is 155 Å². The molecule has 0 saturated carbocycles. The molecule has 0 fully saturated rings. The third-order valence-electron chi connectivity index (χ3n) is 4.10. The summed E-state index contributed by atoms with van der Waals surface area (Å²) < 4.78 is 6.76. The van der Waals surface area contributed by atoms with Crippen molar-refractivity contribution in [2.45, 2.75) is 12.8 Å². The Morgan fingerprint density at radius 1 is 0.885 bits per heavy atom. The molecule has 128 valence electrons. The summed E-state index contributed by atoms with van der Waals surface area (Å²) in [5.74, 6) is 0.326. The Morgan fingerprint density at radius 3 is 2.46 bits per heavy atom. The molecule has 4 rings (SSSR count). The van der Waals surface area contributed by atoms with Crippen molar-refractivity contribution in [2.24, 2.45) is 0 Å². The second-order valence-electron chi connectivity index (χ2n) is 5.94. The maximum atomic E-state index is 12.3. The van der Waals surface area contributed by atoms with Gasteiger partial charge in [0.1, 0.15) is 10.8 Å². The number of benzene rings is 3. The number of hydrogen-bond acceptors (Lipinski definition) is 4. The number of fused-ring (bicyclic) bond motifs is 1. The van der Waals surface area contributed by atoms with Crippen molar-refractivity contribution in [3.05, 3.63) is 84.4 Å². The van der Waals surface area contributed by atoms with Crippen molar-refractivity contribution in [2.75, 3.05) is 0 Å². The SMILES string of the molecule is O=C(CCc1ccccc1)Oc1ccccc1-c1nc2ccccc2s1. The van der Waals surface area contributed by atoms with E-state index in [9.17, 15) is 4.79 Å². The normalized spacial score (nSPS) is 10.8. The lowest BCUT2D eigenvalue weighted by Gasteiger charge is -2.08. The highest BCUT2D eigenvalue weighted by Crippen LogP contribution is 2.35. The fourth-order valence-corrected chi connectivity index (χ4v) is 3.78. The summed E-state index contributed by atoms with van der Waals surface area (Å²) in [6.45, 7) is 0. The van der Waals surface area contributed by atoms with Gasteiger partial charge in [-0.1, -0.05) is 54.6 Å². The monoisotopic (exact) mass is 359 g/mol. The number of hydrogen-bond donors (Lipinski definition) is 0. The highest BCUT2D eigenvalue weighted by Gasteiger charge is 2.14. The largest absolute Gasteiger partial charge is 0.426 e. The minimum atomic E-state index is -0.234. The van der Waals surface area contributed by atoms with Gasteiger partial charge < -0.3 is 4.74 Å². The first-order valence-electron chi connectivity index (χ1n) is 8.49. The van der Waals surface area contributed by atoms with Gasteiger partial charge in [0.2, 0.25) is 0 Å². The molecular formula is C22H17NO2S. The van der Waals surface area contributed by atoms with Gasteiger partial charge in [-0.25, -0.2) is 4.98 Å². The molecule has 0 radical (unpaired) electrons. The summed E-state index contributed by atoms with van der Waals surface area (Å²) in [4.78, 5) is 17.0. The summed E-state index contributed by atoms with van der Waals surface area (Å²) >= 11 is 1.60. The fraction of sp³-hybridized carbons (Fsp3) is 0.0909. The van der Waals surface area contributed by atoms with E-state index in [1.807, 2.05) is 78.9 Å². The van der Waals surface area contributed by atoms with Crippen LogP contribution < -0.4 is 4.74 Å². The molecule has 0 aliphatic carbocycles. The Morgan fingerprint density at radius 2 is 1.62 bits per heavy atom. The molecule has 1 heterocycles. The Balaban J connectivity index is 1.53.